The number of rotatable bonds is 5. The van der Waals surface area contributed by atoms with Gasteiger partial charge < -0.3 is 5.32 Å². The van der Waals surface area contributed by atoms with Crippen LogP contribution in [0, 0.1) is 6.92 Å². The van der Waals surface area contributed by atoms with Crippen molar-refractivity contribution in [3.63, 3.8) is 0 Å². The third-order valence-electron chi connectivity index (χ3n) is 3.50. The second-order valence-corrected chi connectivity index (χ2v) is 5.40. The highest BCUT2D eigenvalue weighted by molar-refractivity contribution is 6.42. The Kier molecular flexibility index (Phi) is 5.39. The lowest BCUT2D eigenvalue weighted by Crippen LogP contribution is -2.32. The summed E-state index contributed by atoms with van der Waals surface area (Å²) in [4.78, 5) is 23.7. The number of hydrogen-bond donors (Lipinski definition) is 1. The SMILES string of the molecule is Cc1ccc(C(=O)C(=O)NCCc2ccc(C(F)(F)F)cc2)cc1. The van der Waals surface area contributed by atoms with Gasteiger partial charge in [-0.3, -0.25) is 9.59 Å². The van der Waals surface area contributed by atoms with E-state index in [9.17, 15) is 22.8 Å². The summed E-state index contributed by atoms with van der Waals surface area (Å²) in [5.41, 5.74) is 1.21. The van der Waals surface area contributed by atoms with E-state index in [1.807, 2.05) is 6.92 Å². The fourth-order valence-corrected chi connectivity index (χ4v) is 2.10. The molecule has 1 amide bonds. The molecule has 0 atom stereocenters. The van der Waals surface area contributed by atoms with Crippen molar-refractivity contribution in [2.75, 3.05) is 6.54 Å². The molecule has 1 N–H and O–H groups in total. The Labute approximate surface area is 137 Å². The van der Waals surface area contributed by atoms with Crippen molar-refractivity contribution in [2.45, 2.75) is 19.5 Å². The molecule has 3 nitrogen and oxygen atoms in total. The Hall–Kier alpha value is -2.63. The van der Waals surface area contributed by atoms with E-state index < -0.39 is 23.4 Å². The molecule has 6 heteroatoms. The maximum atomic E-state index is 12.5. The molecule has 24 heavy (non-hydrogen) atoms. The maximum Gasteiger partial charge on any atom is 0.416 e. The summed E-state index contributed by atoms with van der Waals surface area (Å²) >= 11 is 0. The molecule has 2 rings (SSSR count). The van der Waals surface area contributed by atoms with Crippen LogP contribution in [0.25, 0.3) is 0 Å². The number of benzene rings is 2. The van der Waals surface area contributed by atoms with Crippen molar-refractivity contribution in [3.8, 4) is 0 Å². The van der Waals surface area contributed by atoms with Crippen LogP contribution in [0.3, 0.4) is 0 Å². The Morgan fingerprint density at radius 3 is 2.08 bits per heavy atom. The van der Waals surface area contributed by atoms with Crippen LogP contribution in [-0.2, 0) is 17.4 Å². The van der Waals surface area contributed by atoms with Crippen molar-refractivity contribution < 1.29 is 22.8 Å². The van der Waals surface area contributed by atoms with Crippen molar-refractivity contribution in [1.82, 2.24) is 5.32 Å². The second kappa shape index (κ2) is 7.29. The molecule has 0 unspecified atom stereocenters. The predicted octanol–water partition coefficient (Wildman–Crippen LogP) is 3.56. The van der Waals surface area contributed by atoms with Gasteiger partial charge in [0.2, 0.25) is 5.78 Å². The lowest BCUT2D eigenvalue weighted by atomic mass is 10.1. The first-order valence-corrected chi connectivity index (χ1v) is 7.33. The standard InChI is InChI=1S/C18H16F3NO2/c1-12-2-6-14(7-3-12)16(23)17(24)22-11-10-13-4-8-15(9-5-13)18(19,20)21/h2-9H,10-11H2,1H3,(H,22,24). The molecule has 0 aliphatic carbocycles. The van der Waals surface area contributed by atoms with E-state index >= 15 is 0 Å². The zero-order chi connectivity index (χ0) is 17.7. The van der Waals surface area contributed by atoms with Crippen LogP contribution in [0.4, 0.5) is 13.2 Å². The topological polar surface area (TPSA) is 46.2 Å². The molecule has 2 aromatic carbocycles. The van der Waals surface area contributed by atoms with Gasteiger partial charge in [0.05, 0.1) is 5.56 Å². The highest BCUT2D eigenvalue weighted by Crippen LogP contribution is 2.29. The molecule has 126 valence electrons. The number of amides is 1. The summed E-state index contributed by atoms with van der Waals surface area (Å²) in [7, 11) is 0. The van der Waals surface area contributed by atoms with E-state index in [1.165, 1.54) is 12.1 Å². The van der Waals surface area contributed by atoms with Crippen LogP contribution in [0.15, 0.2) is 48.5 Å². The number of hydrogen-bond acceptors (Lipinski definition) is 2. The highest BCUT2D eigenvalue weighted by Gasteiger charge is 2.29. The van der Waals surface area contributed by atoms with E-state index in [0.717, 1.165) is 17.7 Å². The van der Waals surface area contributed by atoms with Crippen LogP contribution in [0.5, 0.6) is 0 Å². The van der Waals surface area contributed by atoms with Crippen LogP contribution < -0.4 is 5.32 Å². The number of alkyl halides is 3. The molecule has 0 spiro atoms. The molecular formula is C18H16F3NO2. The minimum absolute atomic E-state index is 0.168. The molecule has 0 aliphatic rings. The Balaban J connectivity index is 1.86. The summed E-state index contributed by atoms with van der Waals surface area (Å²) in [6.45, 7) is 2.04. The minimum atomic E-state index is -4.37. The number of aryl methyl sites for hydroxylation is 1. The quantitative estimate of drug-likeness (QED) is 0.671. The molecule has 0 bridgehead atoms. The van der Waals surface area contributed by atoms with Gasteiger partial charge in [0.25, 0.3) is 5.91 Å². The molecule has 2 aromatic rings. The maximum absolute atomic E-state index is 12.5. The smallest absolute Gasteiger partial charge is 0.349 e. The lowest BCUT2D eigenvalue weighted by Gasteiger charge is -2.08. The summed E-state index contributed by atoms with van der Waals surface area (Å²) in [6, 6.07) is 11.3. The van der Waals surface area contributed by atoms with Gasteiger partial charge in [-0.2, -0.15) is 13.2 Å². The molecule has 0 aromatic heterocycles. The molecule has 0 heterocycles. The molecular weight excluding hydrogens is 319 g/mol. The largest absolute Gasteiger partial charge is 0.416 e. The van der Waals surface area contributed by atoms with E-state index in [1.54, 1.807) is 24.3 Å². The van der Waals surface area contributed by atoms with Gasteiger partial charge in [-0.1, -0.05) is 42.0 Å². The van der Waals surface area contributed by atoms with Gasteiger partial charge in [0.1, 0.15) is 0 Å². The van der Waals surface area contributed by atoms with Gasteiger partial charge >= 0.3 is 6.18 Å². The summed E-state index contributed by atoms with van der Waals surface area (Å²) in [6.07, 6.45) is -4.03. The van der Waals surface area contributed by atoms with Crippen molar-refractivity contribution in [3.05, 3.63) is 70.8 Å². The van der Waals surface area contributed by atoms with Crippen molar-refractivity contribution in [1.29, 1.82) is 0 Å². The van der Waals surface area contributed by atoms with Gasteiger partial charge in [0.15, 0.2) is 0 Å². The van der Waals surface area contributed by atoms with Gasteiger partial charge in [-0.05, 0) is 31.0 Å². The van der Waals surface area contributed by atoms with Crippen LogP contribution >= 0.6 is 0 Å². The molecule has 0 aliphatic heterocycles. The number of ketones is 1. The van der Waals surface area contributed by atoms with E-state index in [0.29, 0.717) is 17.5 Å². The first-order chi connectivity index (χ1) is 11.3. The fraction of sp³-hybridized carbons (Fsp3) is 0.222. The van der Waals surface area contributed by atoms with E-state index in [2.05, 4.69) is 5.32 Å². The van der Waals surface area contributed by atoms with Crippen LogP contribution in [0.2, 0.25) is 0 Å². The average Bonchev–Trinajstić information content (AvgIpc) is 2.54. The number of Topliss-reactive ketones (excluding diaryl/α,β-unsaturated/α-hetero) is 1. The Morgan fingerprint density at radius 1 is 0.958 bits per heavy atom. The zero-order valence-corrected chi connectivity index (χ0v) is 13.0. The number of halogens is 3. The third kappa shape index (κ3) is 4.68. The molecule has 0 saturated heterocycles. The van der Waals surface area contributed by atoms with Gasteiger partial charge in [-0.15, -0.1) is 0 Å². The zero-order valence-electron chi connectivity index (χ0n) is 13.0. The first kappa shape index (κ1) is 17.7. The van der Waals surface area contributed by atoms with Crippen molar-refractivity contribution >= 4 is 11.7 Å². The second-order valence-electron chi connectivity index (χ2n) is 5.40. The summed E-state index contributed by atoms with van der Waals surface area (Å²) < 4.78 is 37.4. The monoisotopic (exact) mass is 335 g/mol. The predicted molar refractivity (Wildman–Crippen MR) is 83.7 cm³/mol. The van der Waals surface area contributed by atoms with Crippen LogP contribution in [0.1, 0.15) is 27.0 Å². The highest BCUT2D eigenvalue weighted by atomic mass is 19.4. The van der Waals surface area contributed by atoms with Crippen molar-refractivity contribution in [2.24, 2.45) is 0 Å². The van der Waals surface area contributed by atoms with Gasteiger partial charge in [0, 0.05) is 12.1 Å². The summed E-state index contributed by atoms with van der Waals surface area (Å²) in [5, 5.41) is 2.48. The third-order valence-corrected chi connectivity index (χ3v) is 3.50. The molecule has 0 radical (unpaired) electrons. The van der Waals surface area contributed by atoms with Crippen LogP contribution in [-0.4, -0.2) is 18.2 Å². The lowest BCUT2D eigenvalue weighted by molar-refractivity contribution is -0.137. The first-order valence-electron chi connectivity index (χ1n) is 7.33. The van der Waals surface area contributed by atoms with Gasteiger partial charge in [-0.25, -0.2) is 0 Å². The minimum Gasteiger partial charge on any atom is -0.349 e. The van der Waals surface area contributed by atoms with E-state index in [-0.39, 0.29) is 6.54 Å². The Bertz CT molecular complexity index is 719. The number of nitrogens with one attached hydrogen (secondary N) is 1. The summed E-state index contributed by atoms with van der Waals surface area (Å²) in [5.74, 6) is -1.37. The average molecular weight is 335 g/mol. The molecule has 0 saturated carbocycles. The Morgan fingerprint density at radius 2 is 1.54 bits per heavy atom. The number of carbonyl (C=O) groups is 2. The number of carbonyl (C=O) groups excluding carboxylic acids is 2. The van der Waals surface area contributed by atoms with E-state index in [4.69, 9.17) is 0 Å². The molecule has 0 fully saturated rings. The normalized spacial score (nSPS) is 11.2. The fourth-order valence-electron chi connectivity index (χ4n) is 2.10.